The third-order valence-corrected chi connectivity index (χ3v) is 1.87. The van der Waals surface area contributed by atoms with Crippen molar-refractivity contribution in [2.45, 2.75) is 13.0 Å². The van der Waals surface area contributed by atoms with Gasteiger partial charge >= 0.3 is 0 Å². The van der Waals surface area contributed by atoms with Crippen LogP contribution in [0.15, 0.2) is 36.4 Å². The molecule has 1 aromatic carbocycles. The van der Waals surface area contributed by atoms with Gasteiger partial charge in [-0.15, -0.1) is 0 Å². The number of benzene rings is 1. The average molecular weight is 183 g/mol. The van der Waals surface area contributed by atoms with E-state index in [0.717, 1.165) is 11.1 Å². The molecule has 1 atom stereocenters. The standard InChI is InChI=1S/C10H11ClO/c1-7(2)10(12)8-4-3-5-9(11)6-8/h3-6,10,12H,1H2,2H3. The van der Waals surface area contributed by atoms with Crippen LogP contribution in [0.1, 0.15) is 18.6 Å². The molecule has 1 aromatic rings. The van der Waals surface area contributed by atoms with E-state index in [1.54, 1.807) is 19.1 Å². The third-order valence-electron chi connectivity index (χ3n) is 1.63. The Labute approximate surface area is 77.3 Å². The van der Waals surface area contributed by atoms with Gasteiger partial charge in [0.2, 0.25) is 0 Å². The van der Waals surface area contributed by atoms with E-state index >= 15 is 0 Å². The summed E-state index contributed by atoms with van der Waals surface area (Å²) in [6.45, 7) is 5.45. The van der Waals surface area contributed by atoms with Gasteiger partial charge in [-0.1, -0.05) is 30.3 Å². The molecule has 0 spiro atoms. The number of rotatable bonds is 2. The Balaban J connectivity index is 2.95. The number of aliphatic hydroxyl groups excluding tert-OH is 1. The number of halogens is 1. The first kappa shape index (κ1) is 9.30. The predicted molar refractivity (Wildman–Crippen MR) is 51.2 cm³/mol. The summed E-state index contributed by atoms with van der Waals surface area (Å²) in [5, 5.41) is 10.2. The van der Waals surface area contributed by atoms with E-state index in [4.69, 9.17) is 11.6 Å². The SMILES string of the molecule is C=C(C)C(O)c1cccc(Cl)c1. The highest BCUT2D eigenvalue weighted by Crippen LogP contribution is 2.22. The van der Waals surface area contributed by atoms with Gasteiger partial charge in [0.1, 0.15) is 0 Å². The molecule has 1 nitrogen and oxygen atoms in total. The van der Waals surface area contributed by atoms with Crippen LogP contribution < -0.4 is 0 Å². The van der Waals surface area contributed by atoms with E-state index in [1.807, 2.05) is 12.1 Å². The maximum atomic E-state index is 9.56. The quantitative estimate of drug-likeness (QED) is 0.698. The molecule has 12 heavy (non-hydrogen) atoms. The van der Waals surface area contributed by atoms with Crippen molar-refractivity contribution in [2.24, 2.45) is 0 Å². The van der Waals surface area contributed by atoms with Crippen LogP contribution in [0.2, 0.25) is 5.02 Å². The first-order chi connectivity index (χ1) is 5.61. The van der Waals surface area contributed by atoms with Crippen LogP contribution in [0.4, 0.5) is 0 Å². The molecule has 0 aliphatic heterocycles. The number of hydrogen-bond donors (Lipinski definition) is 1. The molecule has 0 radical (unpaired) electrons. The van der Waals surface area contributed by atoms with Crippen LogP contribution in [-0.4, -0.2) is 5.11 Å². The second-order valence-corrected chi connectivity index (χ2v) is 3.24. The van der Waals surface area contributed by atoms with Gasteiger partial charge in [0, 0.05) is 5.02 Å². The van der Waals surface area contributed by atoms with Crippen molar-refractivity contribution in [3.63, 3.8) is 0 Å². The molecule has 0 bridgehead atoms. The van der Waals surface area contributed by atoms with Gasteiger partial charge < -0.3 is 5.11 Å². The van der Waals surface area contributed by atoms with E-state index in [2.05, 4.69) is 6.58 Å². The lowest BCUT2D eigenvalue weighted by Crippen LogP contribution is -1.96. The summed E-state index contributed by atoms with van der Waals surface area (Å²) in [5.74, 6) is 0. The van der Waals surface area contributed by atoms with E-state index in [0.29, 0.717) is 5.02 Å². The van der Waals surface area contributed by atoms with E-state index in [-0.39, 0.29) is 0 Å². The van der Waals surface area contributed by atoms with Crippen molar-refractivity contribution in [3.05, 3.63) is 47.0 Å². The topological polar surface area (TPSA) is 20.2 Å². The van der Waals surface area contributed by atoms with Crippen LogP contribution in [-0.2, 0) is 0 Å². The third kappa shape index (κ3) is 2.10. The smallest absolute Gasteiger partial charge is 0.0996 e. The molecule has 0 amide bonds. The van der Waals surface area contributed by atoms with Crippen molar-refractivity contribution in [1.82, 2.24) is 0 Å². The summed E-state index contributed by atoms with van der Waals surface area (Å²) < 4.78 is 0. The fourth-order valence-electron chi connectivity index (χ4n) is 0.961. The number of aliphatic hydroxyl groups is 1. The molecule has 1 unspecified atom stereocenters. The van der Waals surface area contributed by atoms with Crippen LogP contribution in [0.5, 0.6) is 0 Å². The highest BCUT2D eigenvalue weighted by Gasteiger charge is 2.06. The van der Waals surface area contributed by atoms with Gasteiger partial charge in [0.05, 0.1) is 6.10 Å². The maximum Gasteiger partial charge on any atom is 0.0996 e. The minimum absolute atomic E-state index is 0.608. The zero-order chi connectivity index (χ0) is 9.14. The fourth-order valence-corrected chi connectivity index (χ4v) is 1.16. The van der Waals surface area contributed by atoms with Crippen molar-refractivity contribution < 1.29 is 5.11 Å². The van der Waals surface area contributed by atoms with E-state index in [9.17, 15) is 5.11 Å². The summed E-state index contributed by atoms with van der Waals surface area (Å²) in [6.07, 6.45) is -0.608. The Hall–Kier alpha value is -0.790. The molecule has 0 aromatic heterocycles. The molecule has 0 aliphatic rings. The highest BCUT2D eigenvalue weighted by molar-refractivity contribution is 6.30. The van der Waals surface area contributed by atoms with E-state index in [1.165, 1.54) is 0 Å². The Bertz CT molecular complexity index is 294. The molecule has 0 fully saturated rings. The highest BCUT2D eigenvalue weighted by atomic mass is 35.5. The molecule has 0 saturated carbocycles. The summed E-state index contributed by atoms with van der Waals surface area (Å²) >= 11 is 5.75. The predicted octanol–water partition coefficient (Wildman–Crippen LogP) is 2.95. The summed E-state index contributed by atoms with van der Waals surface area (Å²) in [7, 11) is 0. The summed E-state index contributed by atoms with van der Waals surface area (Å²) in [5.41, 5.74) is 1.51. The van der Waals surface area contributed by atoms with Crippen molar-refractivity contribution in [3.8, 4) is 0 Å². The lowest BCUT2D eigenvalue weighted by molar-refractivity contribution is 0.216. The van der Waals surface area contributed by atoms with Crippen molar-refractivity contribution in [2.75, 3.05) is 0 Å². The van der Waals surface area contributed by atoms with Crippen LogP contribution in [0.25, 0.3) is 0 Å². The molecular formula is C10H11ClO. The Morgan fingerprint density at radius 3 is 2.75 bits per heavy atom. The second kappa shape index (κ2) is 3.74. The minimum atomic E-state index is -0.608. The summed E-state index contributed by atoms with van der Waals surface area (Å²) in [4.78, 5) is 0. The Morgan fingerprint density at radius 2 is 2.25 bits per heavy atom. The summed E-state index contributed by atoms with van der Waals surface area (Å²) in [6, 6.07) is 7.14. The normalized spacial score (nSPS) is 12.6. The molecule has 0 heterocycles. The first-order valence-electron chi connectivity index (χ1n) is 3.70. The zero-order valence-corrected chi connectivity index (χ0v) is 7.67. The molecule has 0 saturated heterocycles. The molecule has 0 aliphatic carbocycles. The lowest BCUT2D eigenvalue weighted by Gasteiger charge is -2.09. The molecule has 2 heteroatoms. The number of hydrogen-bond acceptors (Lipinski definition) is 1. The molecule has 1 rings (SSSR count). The fraction of sp³-hybridized carbons (Fsp3) is 0.200. The monoisotopic (exact) mass is 182 g/mol. The molecular weight excluding hydrogens is 172 g/mol. The Morgan fingerprint density at radius 1 is 1.58 bits per heavy atom. The van der Waals surface area contributed by atoms with Crippen LogP contribution in [0.3, 0.4) is 0 Å². The average Bonchev–Trinajstić information content (AvgIpc) is 2.03. The van der Waals surface area contributed by atoms with E-state index < -0.39 is 6.10 Å². The zero-order valence-electron chi connectivity index (χ0n) is 6.92. The van der Waals surface area contributed by atoms with Crippen molar-refractivity contribution in [1.29, 1.82) is 0 Å². The van der Waals surface area contributed by atoms with Crippen molar-refractivity contribution >= 4 is 11.6 Å². The minimum Gasteiger partial charge on any atom is -0.384 e. The lowest BCUT2D eigenvalue weighted by atomic mass is 10.0. The molecule has 64 valence electrons. The van der Waals surface area contributed by atoms with Gasteiger partial charge in [-0.25, -0.2) is 0 Å². The van der Waals surface area contributed by atoms with Gasteiger partial charge in [-0.05, 0) is 30.2 Å². The largest absolute Gasteiger partial charge is 0.384 e. The van der Waals surface area contributed by atoms with Crippen LogP contribution >= 0.6 is 11.6 Å². The van der Waals surface area contributed by atoms with Gasteiger partial charge in [-0.3, -0.25) is 0 Å². The second-order valence-electron chi connectivity index (χ2n) is 2.80. The van der Waals surface area contributed by atoms with Gasteiger partial charge in [-0.2, -0.15) is 0 Å². The first-order valence-corrected chi connectivity index (χ1v) is 4.08. The molecule has 1 N–H and O–H groups in total. The van der Waals surface area contributed by atoms with Gasteiger partial charge in [0.25, 0.3) is 0 Å². The maximum absolute atomic E-state index is 9.56. The van der Waals surface area contributed by atoms with Gasteiger partial charge in [0.15, 0.2) is 0 Å². The Kier molecular flexibility index (Phi) is 2.90. The van der Waals surface area contributed by atoms with Crippen LogP contribution in [0, 0.1) is 0 Å².